The van der Waals surface area contributed by atoms with Gasteiger partial charge in [-0.1, -0.05) is 0 Å². The van der Waals surface area contributed by atoms with Gasteiger partial charge in [0.1, 0.15) is 5.60 Å². The third-order valence-electron chi connectivity index (χ3n) is 2.20. The molecule has 0 radical (unpaired) electrons. The van der Waals surface area contributed by atoms with E-state index in [0.717, 1.165) is 6.61 Å². The maximum Gasteiger partial charge on any atom is 0.130 e. The summed E-state index contributed by atoms with van der Waals surface area (Å²) in [5.41, 5.74) is 2.38. The van der Waals surface area contributed by atoms with Crippen LogP contribution in [0.4, 0.5) is 0 Å². The van der Waals surface area contributed by atoms with E-state index in [-0.39, 0.29) is 5.60 Å². The topological polar surface area (TPSA) is 30.4 Å². The van der Waals surface area contributed by atoms with Crippen molar-refractivity contribution in [2.75, 3.05) is 6.61 Å². The minimum absolute atomic E-state index is 0.0463. The van der Waals surface area contributed by atoms with Gasteiger partial charge in [-0.15, -0.1) is 0 Å². The van der Waals surface area contributed by atoms with Crippen LogP contribution >= 0.6 is 0 Å². The average Bonchev–Trinajstić information content (AvgIpc) is 2.56. The van der Waals surface area contributed by atoms with E-state index < -0.39 is 0 Å². The molecule has 0 aromatic carbocycles. The van der Waals surface area contributed by atoms with E-state index in [1.54, 1.807) is 0 Å². The molecule has 1 aliphatic heterocycles. The Bertz CT molecular complexity index is 267. The summed E-state index contributed by atoms with van der Waals surface area (Å²) in [4.78, 5) is 0. The first-order chi connectivity index (χ1) is 5.13. The molecule has 0 saturated carbocycles. The number of hydrogen-bond donors (Lipinski definition) is 0. The number of aryl methyl sites for hydroxylation is 2. The monoisotopic (exact) mass is 152 g/mol. The molecule has 3 nitrogen and oxygen atoms in total. The van der Waals surface area contributed by atoms with Crippen molar-refractivity contribution in [3.8, 4) is 0 Å². The highest BCUT2D eigenvalue weighted by Crippen LogP contribution is 2.38. The highest BCUT2D eigenvalue weighted by atomic mass is 16.6. The third kappa shape index (κ3) is 0.878. The van der Waals surface area contributed by atoms with Crippen LogP contribution in [0.25, 0.3) is 0 Å². The second kappa shape index (κ2) is 1.85. The fraction of sp³-hybridized carbons (Fsp3) is 0.625. The molecule has 1 saturated heterocycles. The fourth-order valence-electron chi connectivity index (χ4n) is 1.55. The third-order valence-corrected chi connectivity index (χ3v) is 2.20. The van der Waals surface area contributed by atoms with E-state index >= 15 is 0 Å². The first kappa shape index (κ1) is 6.85. The normalized spacial score (nSPS) is 29.0. The van der Waals surface area contributed by atoms with Crippen LogP contribution in [0.5, 0.6) is 0 Å². The smallest absolute Gasteiger partial charge is 0.130 e. The van der Waals surface area contributed by atoms with Gasteiger partial charge in [-0.05, 0) is 19.4 Å². The SMILES string of the molecule is Cc1cnn(C)c1C1(C)CO1. The number of ether oxygens (including phenoxy) is 1. The molecule has 0 bridgehead atoms. The molecule has 0 spiro atoms. The Kier molecular flexibility index (Phi) is 1.16. The number of hydrogen-bond acceptors (Lipinski definition) is 2. The lowest BCUT2D eigenvalue weighted by atomic mass is 10.1. The Balaban J connectivity index is 2.50. The summed E-state index contributed by atoms with van der Waals surface area (Å²) < 4.78 is 7.23. The molecule has 60 valence electrons. The van der Waals surface area contributed by atoms with Gasteiger partial charge in [0.25, 0.3) is 0 Å². The molecule has 3 heteroatoms. The average molecular weight is 152 g/mol. The predicted molar refractivity (Wildman–Crippen MR) is 41.2 cm³/mol. The Morgan fingerprint density at radius 3 is 2.73 bits per heavy atom. The van der Waals surface area contributed by atoms with E-state index in [4.69, 9.17) is 4.74 Å². The van der Waals surface area contributed by atoms with Gasteiger partial charge < -0.3 is 4.74 Å². The molecule has 2 heterocycles. The number of nitrogens with zero attached hydrogens (tertiary/aromatic N) is 2. The van der Waals surface area contributed by atoms with Crippen LogP contribution in [0.2, 0.25) is 0 Å². The zero-order valence-electron chi connectivity index (χ0n) is 7.09. The van der Waals surface area contributed by atoms with Gasteiger partial charge in [0, 0.05) is 7.05 Å². The maximum atomic E-state index is 5.34. The summed E-state index contributed by atoms with van der Waals surface area (Å²) >= 11 is 0. The Morgan fingerprint density at radius 2 is 2.36 bits per heavy atom. The summed E-state index contributed by atoms with van der Waals surface area (Å²) in [5, 5.41) is 4.16. The van der Waals surface area contributed by atoms with Crippen LogP contribution in [0.1, 0.15) is 18.2 Å². The second-order valence-corrected chi connectivity index (χ2v) is 3.32. The van der Waals surface area contributed by atoms with Crippen LogP contribution in [0.3, 0.4) is 0 Å². The quantitative estimate of drug-likeness (QED) is 0.561. The molecule has 11 heavy (non-hydrogen) atoms. The van der Waals surface area contributed by atoms with Gasteiger partial charge in [-0.3, -0.25) is 4.68 Å². The second-order valence-electron chi connectivity index (χ2n) is 3.32. The van der Waals surface area contributed by atoms with Crippen molar-refractivity contribution in [2.24, 2.45) is 7.05 Å². The fourth-order valence-corrected chi connectivity index (χ4v) is 1.55. The van der Waals surface area contributed by atoms with Gasteiger partial charge in [-0.25, -0.2) is 0 Å². The zero-order valence-corrected chi connectivity index (χ0v) is 7.09. The Hall–Kier alpha value is -0.830. The molecule has 1 unspecified atom stereocenters. The molecule has 2 rings (SSSR count). The zero-order chi connectivity index (χ0) is 8.06. The van der Waals surface area contributed by atoms with E-state index in [1.807, 2.05) is 17.9 Å². The van der Waals surface area contributed by atoms with Crippen LogP contribution in [-0.2, 0) is 17.4 Å². The summed E-state index contributed by atoms with van der Waals surface area (Å²) in [6.07, 6.45) is 1.88. The van der Waals surface area contributed by atoms with Crippen molar-refractivity contribution in [3.63, 3.8) is 0 Å². The van der Waals surface area contributed by atoms with Crippen LogP contribution in [0, 0.1) is 6.92 Å². The van der Waals surface area contributed by atoms with Crippen molar-refractivity contribution in [1.82, 2.24) is 9.78 Å². The number of epoxide rings is 1. The van der Waals surface area contributed by atoms with Gasteiger partial charge in [0.05, 0.1) is 18.5 Å². The standard InChI is InChI=1S/C8H12N2O/c1-6-4-9-10(3)7(6)8(2)5-11-8/h4H,5H2,1-3H3. The molecule has 0 amide bonds. The lowest BCUT2D eigenvalue weighted by Crippen LogP contribution is -2.10. The van der Waals surface area contributed by atoms with E-state index in [2.05, 4.69) is 18.9 Å². The Labute approximate surface area is 66.0 Å². The molecule has 1 fully saturated rings. The predicted octanol–water partition coefficient (Wildman–Crippen LogP) is 0.974. The first-order valence-corrected chi connectivity index (χ1v) is 3.76. The minimum atomic E-state index is -0.0463. The van der Waals surface area contributed by atoms with Crippen LogP contribution in [0.15, 0.2) is 6.20 Å². The van der Waals surface area contributed by atoms with E-state index in [1.165, 1.54) is 11.3 Å². The van der Waals surface area contributed by atoms with Crippen LogP contribution < -0.4 is 0 Å². The van der Waals surface area contributed by atoms with Gasteiger partial charge in [0.2, 0.25) is 0 Å². The summed E-state index contributed by atoms with van der Waals surface area (Å²) in [7, 11) is 1.95. The highest BCUT2D eigenvalue weighted by Gasteiger charge is 2.44. The van der Waals surface area contributed by atoms with Crippen molar-refractivity contribution >= 4 is 0 Å². The molecule has 1 aromatic rings. The molecule has 0 aliphatic carbocycles. The number of aromatic nitrogens is 2. The van der Waals surface area contributed by atoms with Crippen LogP contribution in [-0.4, -0.2) is 16.4 Å². The first-order valence-electron chi connectivity index (χ1n) is 3.76. The summed E-state index contributed by atoms with van der Waals surface area (Å²) in [5.74, 6) is 0. The molecular formula is C8H12N2O. The molecule has 1 aromatic heterocycles. The maximum absolute atomic E-state index is 5.34. The van der Waals surface area contributed by atoms with Crippen molar-refractivity contribution < 1.29 is 4.74 Å². The van der Waals surface area contributed by atoms with Gasteiger partial charge in [-0.2, -0.15) is 5.10 Å². The van der Waals surface area contributed by atoms with Crippen molar-refractivity contribution in [3.05, 3.63) is 17.5 Å². The Morgan fingerprint density at radius 1 is 1.73 bits per heavy atom. The van der Waals surface area contributed by atoms with Gasteiger partial charge in [0.15, 0.2) is 0 Å². The molecule has 1 aliphatic rings. The molecule has 1 atom stereocenters. The summed E-state index contributed by atoms with van der Waals surface area (Å²) in [6.45, 7) is 4.99. The highest BCUT2D eigenvalue weighted by molar-refractivity contribution is 5.25. The lowest BCUT2D eigenvalue weighted by molar-refractivity contribution is 0.315. The molecule has 0 N–H and O–H groups in total. The lowest BCUT2D eigenvalue weighted by Gasteiger charge is -2.06. The molecular weight excluding hydrogens is 140 g/mol. The number of rotatable bonds is 1. The van der Waals surface area contributed by atoms with Crippen molar-refractivity contribution in [1.29, 1.82) is 0 Å². The largest absolute Gasteiger partial charge is 0.363 e. The minimum Gasteiger partial charge on any atom is -0.363 e. The van der Waals surface area contributed by atoms with Crippen molar-refractivity contribution in [2.45, 2.75) is 19.4 Å². The van der Waals surface area contributed by atoms with E-state index in [9.17, 15) is 0 Å². The van der Waals surface area contributed by atoms with Gasteiger partial charge >= 0.3 is 0 Å². The summed E-state index contributed by atoms with van der Waals surface area (Å²) in [6, 6.07) is 0. The van der Waals surface area contributed by atoms with E-state index in [0.29, 0.717) is 0 Å².